The zero-order valence-electron chi connectivity index (χ0n) is 5.87. The lowest BCUT2D eigenvalue weighted by Gasteiger charge is -1.98. The summed E-state index contributed by atoms with van der Waals surface area (Å²) in [5.74, 6) is 0. The zero-order chi connectivity index (χ0) is 7.23. The minimum atomic E-state index is 0.651. The quantitative estimate of drug-likeness (QED) is 0.380. The van der Waals surface area contributed by atoms with Crippen molar-refractivity contribution in [2.45, 2.75) is 13.3 Å². The van der Waals surface area contributed by atoms with Gasteiger partial charge in [0.15, 0.2) is 0 Å². The molecule has 3 heteroatoms. The Kier molecular flexibility index (Phi) is 3.26. The van der Waals surface area contributed by atoms with Crippen LogP contribution in [-0.4, -0.2) is 6.61 Å². The third-order valence-electron chi connectivity index (χ3n) is 0.924. The van der Waals surface area contributed by atoms with Crippen LogP contribution >= 0.6 is 11.3 Å². The average Bonchev–Trinajstić information content (AvgIpc) is 2.41. The normalized spacial score (nSPS) is 9.70. The molecule has 10 heavy (non-hydrogen) atoms. The molecule has 0 unspecified atom stereocenters. The number of thiophene rings is 1. The Morgan fingerprint density at radius 2 is 2.50 bits per heavy atom. The SMILES string of the molecule is CCCOOc1cccs1. The monoisotopic (exact) mass is 158 g/mol. The van der Waals surface area contributed by atoms with E-state index in [1.54, 1.807) is 0 Å². The van der Waals surface area contributed by atoms with Gasteiger partial charge in [0, 0.05) is 0 Å². The molecule has 0 bridgehead atoms. The Labute approximate surface area is 64.3 Å². The number of hydrogen-bond acceptors (Lipinski definition) is 3. The smallest absolute Gasteiger partial charge is 0.218 e. The Hall–Kier alpha value is -0.540. The van der Waals surface area contributed by atoms with E-state index in [1.165, 1.54) is 11.3 Å². The van der Waals surface area contributed by atoms with Gasteiger partial charge in [0.1, 0.15) is 0 Å². The summed E-state index contributed by atoms with van der Waals surface area (Å²) in [5.41, 5.74) is 0. The van der Waals surface area contributed by atoms with E-state index >= 15 is 0 Å². The first-order valence-corrected chi connectivity index (χ1v) is 4.14. The minimum absolute atomic E-state index is 0.651. The molecule has 0 amide bonds. The van der Waals surface area contributed by atoms with Crippen molar-refractivity contribution in [3.05, 3.63) is 17.5 Å². The highest BCUT2D eigenvalue weighted by molar-refractivity contribution is 7.11. The summed E-state index contributed by atoms with van der Waals surface area (Å²) < 4.78 is 0. The van der Waals surface area contributed by atoms with Gasteiger partial charge in [-0.25, -0.2) is 0 Å². The van der Waals surface area contributed by atoms with Crippen LogP contribution in [0.15, 0.2) is 17.5 Å². The molecule has 1 aromatic rings. The molecular weight excluding hydrogens is 148 g/mol. The van der Waals surface area contributed by atoms with Gasteiger partial charge >= 0.3 is 0 Å². The Balaban J connectivity index is 2.15. The molecule has 0 aliphatic heterocycles. The summed E-state index contributed by atoms with van der Waals surface area (Å²) in [5, 5.41) is 2.76. The van der Waals surface area contributed by atoms with Crippen LogP contribution < -0.4 is 4.89 Å². The highest BCUT2D eigenvalue weighted by atomic mass is 32.1. The molecule has 0 aromatic carbocycles. The second-order valence-corrected chi connectivity index (χ2v) is 2.75. The molecular formula is C7H10O2S. The molecule has 1 heterocycles. The molecule has 0 saturated carbocycles. The van der Waals surface area contributed by atoms with Crippen molar-refractivity contribution in [3.63, 3.8) is 0 Å². The first kappa shape index (κ1) is 7.57. The molecule has 1 aromatic heterocycles. The van der Waals surface area contributed by atoms with Crippen molar-refractivity contribution < 1.29 is 9.78 Å². The van der Waals surface area contributed by atoms with Gasteiger partial charge < -0.3 is 4.89 Å². The van der Waals surface area contributed by atoms with Gasteiger partial charge in [-0.05, 0) is 23.9 Å². The van der Waals surface area contributed by atoms with E-state index in [1.807, 2.05) is 24.4 Å². The van der Waals surface area contributed by atoms with Crippen molar-refractivity contribution in [1.82, 2.24) is 0 Å². The lowest BCUT2D eigenvalue weighted by molar-refractivity contribution is -0.203. The van der Waals surface area contributed by atoms with Gasteiger partial charge in [-0.1, -0.05) is 6.92 Å². The summed E-state index contributed by atoms with van der Waals surface area (Å²) in [6.07, 6.45) is 0.978. The average molecular weight is 158 g/mol. The lowest BCUT2D eigenvalue weighted by Crippen LogP contribution is -1.95. The van der Waals surface area contributed by atoms with Crippen molar-refractivity contribution >= 4 is 11.3 Å². The second-order valence-electron chi connectivity index (χ2n) is 1.84. The molecule has 0 N–H and O–H groups in total. The predicted molar refractivity (Wildman–Crippen MR) is 41.2 cm³/mol. The Morgan fingerprint density at radius 3 is 3.10 bits per heavy atom. The van der Waals surface area contributed by atoms with Gasteiger partial charge in [-0.15, -0.1) is 11.3 Å². The van der Waals surface area contributed by atoms with Crippen LogP contribution in [0.4, 0.5) is 0 Å². The van der Waals surface area contributed by atoms with E-state index in [0.717, 1.165) is 11.5 Å². The number of hydrogen-bond donors (Lipinski definition) is 0. The lowest BCUT2D eigenvalue weighted by atomic mass is 10.5. The largest absolute Gasteiger partial charge is 0.326 e. The van der Waals surface area contributed by atoms with Crippen molar-refractivity contribution in [2.24, 2.45) is 0 Å². The third kappa shape index (κ3) is 2.37. The first-order chi connectivity index (χ1) is 4.93. The van der Waals surface area contributed by atoms with Crippen molar-refractivity contribution in [1.29, 1.82) is 0 Å². The third-order valence-corrected chi connectivity index (χ3v) is 1.65. The maximum atomic E-state index is 4.90. The van der Waals surface area contributed by atoms with Gasteiger partial charge in [0.05, 0.1) is 6.61 Å². The molecule has 0 fully saturated rings. The number of rotatable bonds is 4. The zero-order valence-corrected chi connectivity index (χ0v) is 6.69. The van der Waals surface area contributed by atoms with Gasteiger partial charge in [0.25, 0.3) is 0 Å². The van der Waals surface area contributed by atoms with Gasteiger partial charge in [0.2, 0.25) is 5.06 Å². The molecule has 2 nitrogen and oxygen atoms in total. The second kappa shape index (κ2) is 4.30. The van der Waals surface area contributed by atoms with E-state index in [2.05, 4.69) is 0 Å². The van der Waals surface area contributed by atoms with E-state index in [-0.39, 0.29) is 0 Å². The van der Waals surface area contributed by atoms with Crippen LogP contribution in [0.25, 0.3) is 0 Å². The molecule has 0 aliphatic carbocycles. The van der Waals surface area contributed by atoms with Crippen LogP contribution in [0.3, 0.4) is 0 Å². The summed E-state index contributed by atoms with van der Waals surface area (Å²) in [6.45, 7) is 2.69. The van der Waals surface area contributed by atoms with Crippen molar-refractivity contribution in [2.75, 3.05) is 6.61 Å². The topological polar surface area (TPSA) is 18.5 Å². The summed E-state index contributed by atoms with van der Waals surface area (Å²) in [4.78, 5) is 9.74. The van der Waals surface area contributed by atoms with E-state index in [4.69, 9.17) is 9.78 Å². The standard InChI is InChI=1S/C7H10O2S/c1-2-5-8-9-7-4-3-6-10-7/h3-4,6H,2,5H2,1H3. The van der Waals surface area contributed by atoms with Crippen LogP contribution in [-0.2, 0) is 4.89 Å². The fraction of sp³-hybridized carbons (Fsp3) is 0.429. The minimum Gasteiger partial charge on any atom is -0.326 e. The maximum Gasteiger partial charge on any atom is 0.218 e. The van der Waals surface area contributed by atoms with Gasteiger partial charge in [-0.2, -0.15) is 4.89 Å². The molecule has 0 saturated heterocycles. The highest BCUT2D eigenvalue weighted by Crippen LogP contribution is 2.17. The molecule has 56 valence electrons. The molecule has 1 rings (SSSR count). The first-order valence-electron chi connectivity index (χ1n) is 3.26. The van der Waals surface area contributed by atoms with E-state index in [0.29, 0.717) is 6.61 Å². The van der Waals surface area contributed by atoms with Crippen LogP contribution in [0.1, 0.15) is 13.3 Å². The van der Waals surface area contributed by atoms with E-state index in [9.17, 15) is 0 Å². The highest BCUT2D eigenvalue weighted by Gasteiger charge is 1.91. The molecule has 0 spiro atoms. The summed E-state index contributed by atoms with van der Waals surface area (Å²) >= 11 is 1.53. The fourth-order valence-electron chi connectivity index (χ4n) is 0.494. The summed E-state index contributed by atoms with van der Waals surface area (Å²) in [6, 6.07) is 3.80. The van der Waals surface area contributed by atoms with Crippen LogP contribution in [0, 0.1) is 0 Å². The molecule has 0 atom stereocenters. The van der Waals surface area contributed by atoms with E-state index < -0.39 is 0 Å². The van der Waals surface area contributed by atoms with Crippen LogP contribution in [0.5, 0.6) is 5.06 Å². The predicted octanol–water partition coefficient (Wildman–Crippen LogP) is 2.47. The molecule has 0 aliphatic rings. The van der Waals surface area contributed by atoms with Crippen LogP contribution in [0.2, 0.25) is 0 Å². The van der Waals surface area contributed by atoms with Crippen molar-refractivity contribution in [3.8, 4) is 5.06 Å². The van der Waals surface area contributed by atoms with Gasteiger partial charge in [-0.3, -0.25) is 0 Å². The Morgan fingerprint density at radius 1 is 1.60 bits per heavy atom. The fourth-order valence-corrected chi connectivity index (χ4v) is 1.03. The summed E-state index contributed by atoms with van der Waals surface area (Å²) in [7, 11) is 0. The molecule has 0 radical (unpaired) electrons. The Bertz CT molecular complexity index is 160. The maximum absolute atomic E-state index is 4.90.